The lowest BCUT2D eigenvalue weighted by molar-refractivity contribution is -0.119. The van der Waals surface area contributed by atoms with Gasteiger partial charge in [0.05, 0.1) is 18.4 Å². The van der Waals surface area contributed by atoms with E-state index in [4.69, 9.17) is 9.84 Å². The molecular weight excluding hydrogens is 274 g/mol. The highest BCUT2D eigenvalue weighted by Gasteiger charge is 2.12. The van der Waals surface area contributed by atoms with Crippen LogP contribution in [0.5, 0.6) is 0 Å². The van der Waals surface area contributed by atoms with Crippen molar-refractivity contribution in [2.45, 2.75) is 31.2 Å². The molecule has 20 heavy (non-hydrogen) atoms. The van der Waals surface area contributed by atoms with E-state index in [9.17, 15) is 4.79 Å². The molecule has 112 valence electrons. The Morgan fingerprint density at radius 2 is 2.20 bits per heavy atom. The average molecular weight is 297 g/mol. The molecule has 0 saturated carbocycles. The van der Waals surface area contributed by atoms with Gasteiger partial charge in [-0.1, -0.05) is 17.7 Å². The van der Waals surface area contributed by atoms with Gasteiger partial charge in [0.15, 0.2) is 0 Å². The zero-order valence-corrected chi connectivity index (χ0v) is 13.1. The average Bonchev–Trinajstić information content (AvgIpc) is 2.40. The first-order valence-electron chi connectivity index (χ1n) is 6.66. The SMILES string of the molecule is COCC(CCO)NC(=O)CSc1cc(C)ccc1C. The molecule has 1 aromatic rings. The van der Waals surface area contributed by atoms with Gasteiger partial charge in [0, 0.05) is 18.6 Å². The summed E-state index contributed by atoms with van der Waals surface area (Å²) in [6.45, 7) is 4.54. The third-order valence-electron chi connectivity index (χ3n) is 2.91. The second kappa shape index (κ2) is 9.00. The van der Waals surface area contributed by atoms with E-state index in [1.807, 2.05) is 13.8 Å². The lowest BCUT2D eigenvalue weighted by atomic mass is 10.2. The predicted molar refractivity (Wildman–Crippen MR) is 82.1 cm³/mol. The molecule has 0 spiro atoms. The molecule has 0 bridgehead atoms. The molecule has 0 radical (unpaired) electrons. The quantitative estimate of drug-likeness (QED) is 0.720. The number of nitrogens with one attached hydrogen (secondary N) is 1. The van der Waals surface area contributed by atoms with E-state index in [0.717, 1.165) is 4.90 Å². The topological polar surface area (TPSA) is 58.6 Å². The number of aliphatic hydroxyl groups is 1. The third kappa shape index (κ3) is 5.94. The molecule has 1 rings (SSSR count). The number of ether oxygens (including phenoxy) is 1. The summed E-state index contributed by atoms with van der Waals surface area (Å²) in [5.74, 6) is 0.335. The van der Waals surface area contributed by atoms with E-state index in [1.54, 1.807) is 7.11 Å². The van der Waals surface area contributed by atoms with Crippen molar-refractivity contribution in [2.24, 2.45) is 0 Å². The summed E-state index contributed by atoms with van der Waals surface area (Å²) >= 11 is 1.53. The molecule has 4 nitrogen and oxygen atoms in total. The molecule has 0 aliphatic carbocycles. The van der Waals surface area contributed by atoms with Crippen LogP contribution in [-0.2, 0) is 9.53 Å². The fourth-order valence-electron chi connectivity index (χ4n) is 1.83. The van der Waals surface area contributed by atoms with Gasteiger partial charge in [0.1, 0.15) is 0 Å². The number of hydrogen-bond acceptors (Lipinski definition) is 4. The van der Waals surface area contributed by atoms with Gasteiger partial charge < -0.3 is 15.2 Å². The maximum absolute atomic E-state index is 11.9. The van der Waals surface area contributed by atoms with Crippen molar-refractivity contribution in [3.8, 4) is 0 Å². The van der Waals surface area contributed by atoms with Crippen LogP contribution in [0.2, 0.25) is 0 Å². The number of hydrogen-bond donors (Lipinski definition) is 2. The van der Waals surface area contributed by atoms with Crippen molar-refractivity contribution in [3.63, 3.8) is 0 Å². The summed E-state index contributed by atoms with van der Waals surface area (Å²) in [5, 5.41) is 11.8. The molecule has 0 aliphatic heterocycles. The van der Waals surface area contributed by atoms with Crippen LogP contribution in [-0.4, -0.2) is 43.1 Å². The van der Waals surface area contributed by atoms with Crippen molar-refractivity contribution >= 4 is 17.7 Å². The summed E-state index contributed by atoms with van der Waals surface area (Å²) < 4.78 is 5.02. The first-order valence-corrected chi connectivity index (χ1v) is 7.64. The fourth-order valence-corrected chi connectivity index (χ4v) is 2.76. The Hall–Kier alpha value is -1.04. The number of aryl methyl sites for hydroxylation is 2. The number of carbonyl (C=O) groups is 1. The number of benzene rings is 1. The molecule has 0 fully saturated rings. The van der Waals surface area contributed by atoms with Crippen molar-refractivity contribution < 1.29 is 14.6 Å². The normalized spacial score (nSPS) is 12.2. The highest BCUT2D eigenvalue weighted by Crippen LogP contribution is 2.23. The van der Waals surface area contributed by atoms with Crippen molar-refractivity contribution in [3.05, 3.63) is 29.3 Å². The molecule has 0 saturated heterocycles. The van der Waals surface area contributed by atoms with Gasteiger partial charge in [-0.2, -0.15) is 0 Å². The number of thioether (sulfide) groups is 1. The molecule has 0 aromatic heterocycles. The van der Waals surface area contributed by atoms with E-state index in [0.29, 0.717) is 18.8 Å². The monoisotopic (exact) mass is 297 g/mol. The largest absolute Gasteiger partial charge is 0.396 e. The molecule has 1 unspecified atom stereocenters. The first-order chi connectivity index (χ1) is 9.56. The van der Waals surface area contributed by atoms with Crippen LogP contribution in [0, 0.1) is 13.8 Å². The maximum atomic E-state index is 11.9. The zero-order valence-electron chi connectivity index (χ0n) is 12.3. The minimum absolute atomic E-state index is 0.0357. The number of aliphatic hydroxyl groups excluding tert-OH is 1. The van der Waals surface area contributed by atoms with Crippen LogP contribution < -0.4 is 5.32 Å². The smallest absolute Gasteiger partial charge is 0.230 e. The number of carbonyl (C=O) groups excluding carboxylic acids is 1. The lowest BCUT2D eigenvalue weighted by Gasteiger charge is -2.16. The van der Waals surface area contributed by atoms with E-state index in [1.165, 1.54) is 22.9 Å². The Labute approximate surface area is 124 Å². The first kappa shape index (κ1) is 17.0. The van der Waals surface area contributed by atoms with Gasteiger partial charge in [-0.25, -0.2) is 0 Å². The molecule has 0 heterocycles. The van der Waals surface area contributed by atoms with Crippen molar-refractivity contribution in [1.29, 1.82) is 0 Å². The Bertz CT molecular complexity index is 431. The van der Waals surface area contributed by atoms with Gasteiger partial charge in [-0.15, -0.1) is 11.8 Å². The summed E-state index contributed by atoms with van der Waals surface area (Å²) in [4.78, 5) is 13.0. The fraction of sp³-hybridized carbons (Fsp3) is 0.533. The number of rotatable bonds is 8. The molecule has 5 heteroatoms. The Morgan fingerprint density at radius 3 is 2.85 bits per heavy atom. The van der Waals surface area contributed by atoms with E-state index < -0.39 is 0 Å². The summed E-state index contributed by atoms with van der Waals surface area (Å²) in [5.41, 5.74) is 2.37. The van der Waals surface area contributed by atoms with Gasteiger partial charge >= 0.3 is 0 Å². The minimum atomic E-state index is -0.128. The number of methoxy groups -OCH3 is 1. The van der Waals surface area contributed by atoms with Gasteiger partial charge in [0.25, 0.3) is 0 Å². The third-order valence-corrected chi connectivity index (χ3v) is 4.07. The van der Waals surface area contributed by atoms with E-state index >= 15 is 0 Å². The van der Waals surface area contributed by atoms with Crippen LogP contribution in [0.3, 0.4) is 0 Å². The van der Waals surface area contributed by atoms with Crippen LogP contribution in [0.15, 0.2) is 23.1 Å². The van der Waals surface area contributed by atoms with Crippen LogP contribution >= 0.6 is 11.8 Å². The standard InChI is InChI=1S/C15H23NO3S/c1-11-4-5-12(2)14(8-11)20-10-15(18)16-13(6-7-17)9-19-3/h4-5,8,13,17H,6-7,9-10H2,1-3H3,(H,16,18). The Balaban J connectivity index is 2.47. The van der Waals surface area contributed by atoms with Gasteiger partial charge in [0.2, 0.25) is 5.91 Å². The van der Waals surface area contributed by atoms with Crippen LogP contribution in [0.1, 0.15) is 17.5 Å². The van der Waals surface area contributed by atoms with E-state index in [-0.39, 0.29) is 18.6 Å². The van der Waals surface area contributed by atoms with Crippen molar-refractivity contribution in [2.75, 3.05) is 26.1 Å². The van der Waals surface area contributed by atoms with Gasteiger partial charge in [-0.05, 0) is 31.9 Å². The molecule has 1 atom stereocenters. The van der Waals surface area contributed by atoms with E-state index in [2.05, 4.69) is 23.5 Å². The molecular formula is C15H23NO3S. The summed E-state index contributed by atoms with van der Waals surface area (Å²) in [6, 6.07) is 6.09. The molecule has 2 N–H and O–H groups in total. The van der Waals surface area contributed by atoms with Crippen molar-refractivity contribution in [1.82, 2.24) is 5.32 Å². The van der Waals surface area contributed by atoms with Crippen LogP contribution in [0.4, 0.5) is 0 Å². The summed E-state index contributed by atoms with van der Waals surface area (Å²) in [6.07, 6.45) is 0.508. The molecule has 0 aliphatic rings. The summed E-state index contributed by atoms with van der Waals surface area (Å²) in [7, 11) is 1.58. The minimum Gasteiger partial charge on any atom is -0.396 e. The lowest BCUT2D eigenvalue weighted by Crippen LogP contribution is -2.39. The Kier molecular flexibility index (Phi) is 7.65. The Morgan fingerprint density at radius 1 is 1.45 bits per heavy atom. The second-order valence-electron chi connectivity index (χ2n) is 4.79. The highest BCUT2D eigenvalue weighted by molar-refractivity contribution is 8.00. The zero-order chi connectivity index (χ0) is 15.0. The molecule has 1 aromatic carbocycles. The molecule has 1 amide bonds. The van der Waals surface area contributed by atoms with Gasteiger partial charge in [-0.3, -0.25) is 4.79 Å². The second-order valence-corrected chi connectivity index (χ2v) is 5.81. The highest BCUT2D eigenvalue weighted by atomic mass is 32.2. The predicted octanol–water partition coefficient (Wildman–Crippen LogP) is 1.91. The maximum Gasteiger partial charge on any atom is 0.230 e. The van der Waals surface area contributed by atoms with Crippen LogP contribution in [0.25, 0.3) is 0 Å². The number of amides is 1.